The van der Waals surface area contributed by atoms with Crippen LogP contribution >= 0.6 is 15.9 Å². The Bertz CT molecular complexity index is 699. The molecule has 1 atom stereocenters. The highest BCUT2D eigenvalue weighted by Gasteiger charge is 2.20. The lowest BCUT2D eigenvalue weighted by atomic mass is 9.94. The van der Waals surface area contributed by atoms with E-state index in [0.29, 0.717) is 6.54 Å². The fourth-order valence-corrected chi connectivity index (χ4v) is 3.28. The Kier molecular flexibility index (Phi) is 4.60. The number of benzene rings is 2. The van der Waals surface area contributed by atoms with Gasteiger partial charge in [0.25, 0.3) is 5.91 Å². The van der Waals surface area contributed by atoms with Crippen molar-refractivity contribution >= 4 is 21.8 Å². The second kappa shape index (κ2) is 6.63. The van der Waals surface area contributed by atoms with Gasteiger partial charge in [-0.3, -0.25) is 4.79 Å². The molecule has 1 unspecified atom stereocenters. The van der Waals surface area contributed by atoms with E-state index >= 15 is 0 Å². The van der Waals surface area contributed by atoms with E-state index < -0.39 is 0 Å². The smallest absolute Gasteiger partial charge is 0.251 e. The van der Waals surface area contributed by atoms with E-state index in [-0.39, 0.29) is 11.9 Å². The molecule has 3 nitrogen and oxygen atoms in total. The summed E-state index contributed by atoms with van der Waals surface area (Å²) in [7, 11) is 0. The van der Waals surface area contributed by atoms with Gasteiger partial charge in [0.15, 0.2) is 0 Å². The van der Waals surface area contributed by atoms with E-state index in [1.807, 2.05) is 25.1 Å². The molecule has 1 aliphatic heterocycles. The molecule has 0 aliphatic carbocycles. The maximum absolute atomic E-state index is 12.4. The van der Waals surface area contributed by atoms with Crippen molar-refractivity contribution < 1.29 is 4.79 Å². The lowest BCUT2D eigenvalue weighted by molar-refractivity contribution is 0.0948. The third-order valence-corrected chi connectivity index (χ3v) is 5.05. The van der Waals surface area contributed by atoms with E-state index in [1.165, 1.54) is 11.1 Å². The van der Waals surface area contributed by atoms with Crippen LogP contribution < -0.4 is 10.6 Å². The number of hydrogen-bond donors (Lipinski definition) is 2. The zero-order valence-corrected chi connectivity index (χ0v) is 14.1. The normalized spacial score (nSPS) is 16.9. The highest BCUT2D eigenvalue weighted by atomic mass is 79.9. The maximum Gasteiger partial charge on any atom is 0.251 e. The van der Waals surface area contributed by atoms with Crippen LogP contribution in [0.25, 0.3) is 0 Å². The summed E-state index contributed by atoms with van der Waals surface area (Å²) in [6.07, 6.45) is 1.05. The van der Waals surface area contributed by atoms with Gasteiger partial charge in [-0.1, -0.05) is 46.3 Å². The Morgan fingerprint density at radius 2 is 2.09 bits per heavy atom. The van der Waals surface area contributed by atoms with Crippen LogP contribution in [0.5, 0.6) is 0 Å². The number of carbonyl (C=O) groups is 1. The largest absolute Gasteiger partial charge is 0.350 e. The number of carbonyl (C=O) groups excluding carboxylic acids is 1. The Hall–Kier alpha value is -1.65. The van der Waals surface area contributed by atoms with E-state index in [1.54, 1.807) is 0 Å². The molecule has 0 fully saturated rings. The molecule has 0 aromatic heterocycles. The number of halogens is 1. The Morgan fingerprint density at radius 1 is 1.27 bits per heavy atom. The van der Waals surface area contributed by atoms with Crippen molar-refractivity contribution in [3.63, 3.8) is 0 Å². The van der Waals surface area contributed by atoms with Crippen molar-refractivity contribution in [3.8, 4) is 0 Å². The molecule has 1 amide bonds. The van der Waals surface area contributed by atoms with Crippen molar-refractivity contribution in [2.75, 3.05) is 13.1 Å². The molecule has 0 saturated carbocycles. The van der Waals surface area contributed by atoms with Crippen LogP contribution in [0.1, 0.15) is 33.1 Å². The van der Waals surface area contributed by atoms with Crippen LogP contribution in [0.3, 0.4) is 0 Å². The number of nitrogens with one attached hydrogen (secondary N) is 2. The van der Waals surface area contributed by atoms with E-state index in [4.69, 9.17) is 0 Å². The molecule has 22 heavy (non-hydrogen) atoms. The molecular formula is C18H19BrN2O. The van der Waals surface area contributed by atoms with Gasteiger partial charge in [-0.2, -0.15) is 0 Å². The van der Waals surface area contributed by atoms with Gasteiger partial charge in [0.2, 0.25) is 0 Å². The maximum atomic E-state index is 12.4. The monoisotopic (exact) mass is 358 g/mol. The molecule has 2 N–H and O–H groups in total. The topological polar surface area (TPSA) is 41.1 Å². The summed E-state index contributed by atoms with van der Waals surface area (Å²) in [5.41, 5.74) is 4.36. The summed E-state index contributed by atoms with van der Waals surface area (Å²) in [6.45, 7) is 3.50. The highest BCUT2D eigenvalue weighted by Crippen LogP contribution is 2.23. The quantitative estimate of drug-likeness (QED) is 0.882. The molecule has 2 aromatic carbocycles. The minimum atomic E-state index is -0.0244. The third-order valence-electron chi connectivity index (χ3n) is 4.19. The van der Waals surface area contributed by atoms with E-state index in [0.717, 1.165) is 28.6 Å². The number of fused-ring (bicyclic) bond motifs is 1. The zero-order chi connectivity index (χ0) is 15.5. The molecule has 1 aliphatic rings. The molecule has 0 bridgehead atoms. The van der Waals surface area contributed by atoms with Gasteiger partial charge in [-0.25, -0.2) is 0 Å². The molecule has 4 heteroatoms. The van der Waals surface area contributed by atoms with Gasteiger partial charge in [-0.05, 0) is 48.7 Å². The predicted octanol–water partition coefficient (Wildman–Crippen LogP) is 3.37. The Morgan fingerprint density at radius 3 is 2.95 bits per heavy atom. The number of hydrogen-bond acceptors (Lipinski definition) is 2. The zero-order valence-electron chi connectivity index (χ0n) is 12.5. The van der Waals surface area contributed by atoms with Crippen molar-refractivity contribution in [2.24, 2.45) is 0 Å². The lowest BCUT2D eigenvalue weighted by Gasteiger charge is -2.27. The molecule has 0 saturated heterocycles. The first-order chi connectivity index (χ1) is 10.7. The molecule has 114 valence electrons. The van der Waals surface area contributed by atoms with Gasteiger partial charge < -0.3 is 10.6 Å². The second-order valence-corrected chi connectivity index (χ2v) is 6.43. The summed E-state index contributed by atoms with van der Waals surface area (Å²) in [5.74, 6) is -0.0244. The van der Waals surface area contributed by atoms with E-state index in [9.17, 15) is 4.79 Å². The molecule has 0 radical (unpaired) electrons. The average Bonchev–Trinajstić information content (AvgIpc) is 2.55. The fourth-order valence-electron chi connectivity index (χ4n) is 2.92. The second-order valence-electron chi connectivity index (χ2n) is 5.58. The van der Waals surface area contributed by atoms with Crippen LogP contribution in [0, 0.1) is 6.92 Å². The molecule has 0 spiro atoms. The highest BCUT2D eigenvalue weighted by molar-refractivity contribution is 9.10. The first-order valence-corrected chi connectivity index (χ1v) is 8.30. The first kappa shape index (κ1) is 15.3. The van der Waals surface area contributed by atoms with Gasteiger partial charge >= 0.3 is 0 Å². The van der Waals surface area contributed by atoms with Gasteiger partial charge in [0, 0.05) is 22.6 Å². The van der Waals surface area contributed by atoms with Crippen LogP contribution in [-0.4, -0.2) is 19.0 Å². The Labute approximate surface area is 139 Å². The summed E-state index contributed by atoms with van der Waals surface area (Å²) in [6, 6.07) is 14.3. The SMILES string of the molecule is Cc1c(Br)cccc1C(=O)NCC1NCCc2ccccc21. The minimum Gasteiger partial charge on any atom is -0.350 e. The van der Waals surface area contributed by atoms with Crippen LogP contribution in [-0.2, 0) is 6.42 Å². The third kappa shape index (κ3) is 3.08. The minimum absolute atomic E-state index is 0.0244. The molecule has 3 rings (SSSR count). The van der Waals surface area contributed by atoms with Crippen molar-refractivity contribution in [1.29, 1.82) is 0 Å². The average molecular weight is 359 g/mol. The standard InChI is InChI=1S/C18H19BrN2O/c1-12-14(7-4-8-16(12)19)18(22)21-11-17-15-6-3-2-5-13(15)9-10-20-17/h2-8,17,20H,9-11H2,1H3,(H,21,22). The fraction of sp³-hybridized carbons (Fsp3) is 0.278. The molecule has 2 aromatic rings. The van der Waals surface area contributed by atoms with Gasteiger partial charge in [0.1, 0.15) is 0 Å². The summed E-state index contributed by atoms with van der Waals surface area (Å²) < 4.78 is 0.960. The molecular weight excluding hydrogens is 340 g/mol. The summed E-state index contributed by atoms with van der Waals surface area (Å²) in [5, 5.41) is 6.54. The van der Waals surface area contributed by atoms with Crippen LogP contribution in [0.2, 0.25) is 0 Å². The summed E-state index contributed by atoms with van der Waals surface area (Å²) in [4.78, 5) is 12.4. The number of amides is 1. The predicted molar refractivity (Wildman–Crippen MR) is 92.1 cm³/mol. The van der Waals surface area contributed by atoms with Gasteiger partial charge in [0.05, 0.1) is 0 Å². The first-order valence-electron chi connectivity index (χ1n) is 7.51. The van der Waals surface area contributed by atoms with Crippen molar-refractivity contribution in [3.05, 3.63) is 69.2 Å². The summed E-state index contributed by atoms with van der Waals surface area (Å²) >= 11 is 3.47. The van der Waals surface area contributed by atoms with Crippen LogP contribution in [0.4, 0.5) is 0 Å². The lowest BCUT2D eigenvalue weighted by Crippen LogP contribution is -2.39. The van der Waals surface area contributed by atoms with Gasteiger partial charge in [-0.15, -0.1) is 0 Å². The Balaban J connectivity index is 1.71. The van der Waals surface area contributed by atoms with Crippen LogP contribution in [0.15, 0.2) is 46.9 Å². The number of rotatable bonds is 3. The van der Waals surface area contributed by atoms with Crippen molar-refractivity contribution in [2.45, 2.75) is 19.4 Å². The molecule has 1 heterocycles. The van der Waals surface area contributed by atoms with Crippen molar-refractivity contribution in [1.82, 2.24) is 10.6 Å². The van der Waals surface area contributed by atoms with E-state index in [2.05, 4.69) is 50.8 Å².